The maximum Gasteiger partial charge on any atom is 0.262 e. The van der Waals surface area contributed by atoms with Gasteiger partial charge < -0.3 is 0 Å². The topological polar surface area (TPSA) is 52.0 Å². The van der Waals surface area contributed by atoms with Crippen molar-refractivity contribution in [1.29, 1.82) is 0 Å². The third kappa shape index (κ3) is 2.27. The van der Waals surface area contributed by atoms with Crippen LogP contribution in [0.25, 0.3) is 10.2 Å². The molecule has 3 aromatic rings. The van der Waals surface area contributed by atoms with Crippen molar-refractivity contribution >= 4 is 27.3 Å². The molecule has 0 saturated heterocycles. The second kappa shape index (κ2) is 5.50. The molecule has 1 aromatic carbocycles. The summed E-state index contributed by atoms with van der Waals surface area (Å²) in [6.45, 7) is 5.30. The number of Topliss-reactive ketones (excluding diaryl/α,β-unsaturated/α-hetero) is 1. The van der Waals surface area contributed by atoms with Gasteiger partial charge in [0, 0.05) is 0 Å². The fourth-order valence-electron chi connectivity index (χ4n) is 2.64. The first-order valence-corrected chi connectivity index (χ1v) is 7.88. The number of aromatic nitrogens is 2. The summed E-state index contributed by atoms with van der Waals surface area (Å²) in [7, 11) is 0. The molecule has 0 spiro atoms. The van der Waals surface area contributed by atoms with E-state index in [1.807, 2.05) is 44.2 Å². The Bertz CT molecular complexity index is 910. The highest BCUT2D eigenvalue weighted by Crippen LogP contribution is 2.27. The summed E-state index contributed by atoms with van der Waals surface area (Å²) in [5.41, 5.74) is 1.69. The zero-order chi connectivity index (χ0) is 15.9. The molecule has 0 radical (unpaired) electrons. The van der Waals surface area contributed by atoms with Crippen molar-refractivity contribution in [1.82, 2.24) is 9.55 Å². The van der Waals surface area contributed by atoms with Gasteiger partial charge in [-0.1, -0.05) is 30.3 Å². The van der Waals surface area contributed by atoms with Gasteiger partial charge in [-0.2, -0.15) is 0 Å². The molecule has 3 rings (SSSR count). The fraction of sp³-hybridized carbons (Fsp3) is 0.235. The van der Waals surface area contributed by atoms with Crippen molar-refractivity contribution in [3.63, 3.8) is 0 Å². The number of hydrogen-bond donors (Lipinski definition) is 0. The molecule has 0 bridgehead atoms. The van der Waals surface area contributed by atoms with Crippen molar-refractivity contribution in [3.05, 3.63) is 63.0 Å². The van der Waals surface area contributed by atoms with E-state index in [4.69, 9.17) is 0 Å². The number of rotatable bonds is 3. The van der Waals surface area contributed by atoms with Gasteiger partial charge in [0.05, 0.1) is 22.6 Å². The molecule has 4 nitrogen and oxygen atoms in total. The van der Waals surface area contributed by atoms with E-state index in [9.17, 15) is 9.59 Å². The standard InChI is InChI=1S/C17H16N2O2S/c1-10-14-16(22-15(10)12(3)20)18-9-19(17(14)21)11(2)13-7-5-4-6-8-13/h4-9,11H,1-3H3. The number of ketones is 1. The third-order valence-electron chi connectivity index (χ3n) is 3.89. The van der Waals surface area contributed by atoms with Gasteiger partial charge >= 0.3 is 0 Å². The van der Waals surface area contributed by atoms with Gasteiger partial charge in [-0.05, 0) is 31.9 Å². The Morgan fingerprint density at radius 1 is 1.27 bits per heavy atom. The lowest BCUT2D eigenvalue weighted by molar-refractivity contribution is 0.102. The SMILES string of the molecule is CC(=O)c1sc2ncn(C(C)c3ccccc3)c(=O)c2c1C. The molecular formula is C17H16N2O2S. The highest BCUT2D eigenvalue weighted by atomic mass is 32.1. The van der Waals surface area contributed by atoms with Crippen molar-refractivity contribution in [2.45, 2.75) is 26.8 Å². The zero-order valence-electron chi connectivity index (χ0n) is 12.7. The van der Waals surface area contributed by atoms with Crippen LogP contribution in [0.3, 0.4) is 0 Å². The first kappa shape index (κ1) is 14.7. The molecule has 1 atom stereocenters. The van der Waals surface area contributed by atoms with E-state index >= 15 is 0 Å². The Balaban J connectivity index is 2.21. The number of nitrogens with zero attached hydrogens (tertiary/aromatic N) is 2. The summed E-state index contributed by atoms with van der Waals surface area (Å²) in [5.74, 6) is -0.0254. The van der Waals surface area contributed by atoms with Gasteiger partial charge in [-0.25, -0.2) is 4.98 Å². The fourth-order valence-corrected chi connectivity index (χ4v) is 3.68. The van der Waals surface area contributed by atoms with Crippen LogP contribution in [0.1, 0.15) is 40.7 Å². The first-order chi connectivity index (χ1) is 10.5. The van der Waals surface area contributed by atoms with Gasteiger partial charge in [0.1, 0.15) is 4.83 Å². The Labute approximate surface area is 132 Å². The predicted octanol–water partition coefficient (Wildman–Crippen LogP) is 3.58. The van der Waals surface area contributed by atoms with E-state index in [0.29, 0.717) is 15.1 Å². The van der Waals surface area contributed by atoms with E-state index in [-0.39, 0.29) is 17.4 Å². The molecule has 0 aliphatic rings. The largest absolute Gasteiger partial charge is 0.294 e. The monoisotopic (exact) mass is 312 g/mol. The molecule has 0 saturated carbocycles. The molecule has 0 N–H and O–H groups in total. The average Bonchev–Trinajstić information content (AvgIpc) is 2.86. The molecular weight excluding hydrogens is 296 g/mol. The van der Waals surface area contributed by atoms with Crippen LogP contribution in [-0.4, -0.2) is 15.3 Å². The maximum absolute atomic E-state index is 12.8. The molecule has 2 heterocycles. The molecule has 0 aliphatic heterocycles. The summed E-state index contributed by atoms with van der Waals surface area (Å²) in [6.07, 6.45) is 1.57. The first-order valence-electron chi connectivity index (χ1n) is 7.07. The van der Waals surface area contributed by atoms with E-state index in [1.165, 1.54) is 18.3 Å². The number of hydrogen-bond acceptors (Lipinski definition) is 4. The van der Waals surface area contributed by atoms with Crippen LogP contribution in [0.5, 0.6) is 0 Å². The number of carbonyl (C=O) groups is 1. The van der Waals surface area contributed by atoms with Crippen LogP contribution in [0.4, 0.5) is 0 Å². The summed E-state index contributed by atoms with van der Waals surface area (Å²) >= 11 is 1.29. The van der Waals surface area contributed by atoms with Gasteiger partial charge in [-0.15, -0.1) is 11.3 Å². The Hall–Kier alpha value is -2.27. The van der Waals surface area contributed by atoms with Crippen LogP contribution >= 0.6 is 11.3 Å². The molecule has 2 aromatic heterocycles. The summed E-state index contributed by atoms with van der Waals surface area (Å²) < 4.78 is 1.63. The van der Waals surface area contributed by atoms with Crippen LogP contribution in [0, 0.1) is 6.92 Å². The molecule has 112 valence electrons. The quantitative estimate of drug-likeness (QED) is 0.695. The van der Waals surface area contributed by atoms with Crippen LogP contribution in [-0.2, 0) is 0 Å². The maximum atomic E-state index is 12.8. The van der Waals surface area contributed by atoms with Gasteiger partial charge in [0.15, 0.2) is 5.78 Å². The van der Waals surface area contributed by atoms with Gasteiger partial charge in [0.2, 0.25) is 0 Å². The Morgan fingerprint density at radius 3 is 2.59 bits per heavy atom. The molecule has 0 fully saturated rings. The number of benzene rings is 1. The van der Waals surface area contributed by atoms with E-state index in [2.05, 4.69) is 4.98 Å². The predicted molar refractivity (Wildman–Crippen MR) is 88.9 cm³/mol. The van der Waals surface area contributed by atoms with E-state index in [0.717, 1.165) is 11.1 Å². The normalized spacial score (nSPS) is 12.5. The molecule has 22 heavy (non-hydrogen) atoms. The Kier molecular flexibility index (Phi) is 3.66. The summed E-state index contributed by atoms with van der Waals surface area (Å²) in [5, 5.41) is 0.556. The van der Waals surface area contributed by atoms with Crippen LogP contribution in [0.15, 0.2) is 41.5 Å². The third-order valence-corrected chi connectivity index (χ3v) is 5.20. The Morgan fingerprint density at radius 2 is 1.95 bits per heavy atom. The highest BCUT2D eigenvalue weighted by Gasteiger charge is 2.19. The lowest BCUT2D eigenvalue weighted by Gasteiger charge is -2.15. The number of carbonyl (C=O) groups excluding carboxylic acids is 1. The van der Waals surface area contributed by atoms with E-state index < -0.39 is 0 Å². The number of fused-ring (bicyclic) bond motifs is 1. The van der Waals surface area contributed by atoms with Crippen LogP contribution in [0.2, 0.25) is 0 Å². The molecule has 0 amide bonds. The molecule has 1 unspecified atom stereocenters. The van der Waals surface area contributed by atoms with E-state index in [1.54, 1.807) is 10.9 Å². The van der Waals surface area contributed by atoms with Gasteiger partial charge in [0.25, 0.3) is 5.56 Å². The minimum absolute atomic E-state index is 0.0254. The second-order valence-corrected chi connectivity index (χ2v) is 6.34. The zero-order valence-corrected chi connectivity index (χ0v) is 13.5. The van der Waals surface area contributed by atoms with Crippen molar-refractivity contribution in [2.24, 2.45) is 0 Å². The summed E-state index contributed by atoms with van der Waals surface area (Å²) in [4.78, 5) is 30.1. The van der Waals surface area contributed by atoms with Crippen molar-refractivity contribution in [2.75, 3.05) is 0 Å². The number of aryl methyl sites for hydroxylation is 1. The highest BCUT2D eigenvalue weighted by molar-refractivity contribution is 7.20. The average molecular weight is 312 g/mol. The minimum atomic E-state index is -0.106. The summed E-state index contributed by atoms with van der Waals surface area (Å²) in [6, 6.07) is 9.72. The van der Waals surface area contributed by atoms with Crippen molar-refractivity contribution in [3.8, 4) is 0 Å². The lowest BCUT2D eigenvalue weighted by atomic mass is 10.1. The molecule has 0 aliphatic carbocycles. The lowest BCUT2D eigenvalue weighted by Crippen LogP contribution is -2.24. The smallest absolute Gasteiger partial charge is 0.262 e. The number of thiophene rings is 1. The van der Waals surface area contributed by atoms with Crippen molar-refractivity contribution < 1.29 is 4.79 Å². The van der Waals surface area contributed by atoms with Crippen LogP contribution < -0.4 is 5.56 Å². The second-order valence-electron chi connectivity index (χ2n) is 5.34. The molecule has 5 heteroatoms. The van der Waals surface area contributed by atoms with Gasteiger partial charge in [-0.3, -0.25) is 14.2 Å². The minimum Gasteiger partial charge on any atom is -0.294 e.